The molecule has 1 aliphatic heterocycles. The lowest BCUT2D eigenvalue weighted by molar-refractivity contribution is -0.138. The Kier molecular flexibility index (Phi) is 5.03. The normalized spacial score (nSPS) is 19.9. The quantitative estimate of drug-likeness (QED) is 0.925. The summed E-state index contributed by atoms with van der Waals surface area (Å²) in [4.78, 5) is 17.2. The van der Waals surface area contributed by atoms with Crippen molar-refractivity contribution in [3.05, 3.63) is 22.8 Å². The van der Waals surface area contributed by atoms with Crippen molar-refractivity contribution in [2.75, 3.05) is 18.0 Å². The van der Waals surface area contributed by atoms with Crippen molar-refractivity contribution in [2.45, 2.75) is 26.2 Å². The molecule has 1 aromatic heterocycles. The molecule has 0 saturated carbocycles. The highest BCUT2D eigenvalue weighted by Crippen LogP contribution is 2.32. The van der Waals surface area contributed by atoms with E-state index in [-0.39, 0.29) is 12.3 Å². The number of carboxylic acid groups (broad SMARTS) is 1. The van der Waals surface area contributed by atoms with E-state index in [2.05, 4.69) is 16.0 Å². The summed E-state index contributed by atoms with van der Waals surface area (Å²) in [6, 6.07) is 3.66. The predicted octanol–water partition coefficient (Wildman–Crippen LogP) is 2.93. The lowest BCUT2D eigenvalue weighted by atomic mass is 9.84. The topological polar surface area (TPSA) is 77.2 Å². The third kappa shape index (κ3) is 3.64. The van der Waals surface area contributed by atoms with Gasteiger partial charge in [-0.2, -0.15) is 5.26 Å². The molecule has 0 radical (unpaired) electrons. The maximum absolute atomic E-state index is 10.9. The Labute approximate surface area is 129 Å². The van der Waals surface area contributed by atoms with Gasteiger partial charge in [-0.25, -0.2) is 4.98 Å². The fraction of sp³-hybridized carbons (Fsp3) is 0.533. The molecule has 1 fully saturated rings. The fourth-order valence-electron chi connectivity index (χ4n) is 2.85. The Hall–Kier alpha value is -1.80. The van der Waals surface area contributed by atoms with Gasteiger partial charge in [0.15, 0.2) is 0 Å². The van der Waals surface area contributed by atoms with E-state index in [4.69, 9.17) is 22.0 Å². The van der Waals surface area contributed by atoms with E-state index in [0.717, 1.165) is 25.9 Å². The highest BCUT2D eigenvalue weighted by molar-refractivity contribution is 6.34. The standard InChI is InChI=1S/C15H18ClN3O2/c1-10(7-13(20)21)12-3-2-6-19(9-12)15-14(16)11(8-17)4-5-18-15/h4-5,10,12H,2-3,6-7,9H2,1H3,(H,20,21). The van der Waals surface area contributed by atoms with Gasteiger partial charge >= 0.3 is 5.97 Å². The summed E-state index contributed by atoms with van der Waals surface area (Å²) in [6.45, 7) is 3.54. The van der Waals surface area contributed by atoms with Crippen LogP contribution in [0, 0.1) is 23.2 Å². The first-order valence-corrected chi connectivity index (χ1v) is 7.42. The summed E-state index contributed by atoms with van der Waals surface area (Å²) in [6.07, 6.45) is 3.76. The molecule has 2 heterocycles. The van der Waals surface area contributed by atoms with Crippen LogP contribution in [0.3, 0.4) is 0 Å². The van der Waals surface area contributed by atoms with Gasteiger partial charge in [-0.05, 0) is 30.7 Å². The molecule has 6 heteroatoms. The first-order chi connectivity index (χ1) is 10.0. The van der Waals surface area contributed by atoms with Gasteiger partial charge in [-0.1, -0.05) is 18.5 Å². The summed E-state index contributed by atoms with van der Waals surface area (Å²) in [5, 5.41) is 18.3. The molecule has 0 aliphatic carbocycles. The minimum atomic E-state index is -0.762. The lowest BCUT2D eigenvalue weighted by Gasteiger charge is -2.36. The van der Waals surface area contributed by atoms with Crippen LogP contribution in [0.2, 0.25) is 5.02 Å². The van der Waals surface area contributed by atoms with Gasteiger partial charge in [0.2, 0.25) is 0 Å². The second-order valence-electron chi connectivity index (χ2n) is 5.53. The third-order valence-corrected chi connectivity index (χ3v) is 4.42. The van der Waals surface area contributed by atoms with Crippen molar-refractivity contribution in [1.29, 1.82) is 5.26 Å². The minimum Gasteiger partial charge on any atom is -0.481 e. The minimum absolute atomic E-state index is 0.114. The van der Waals surface area contributed by atoms with Crippen LogP contribution in [0.25, 0.3) is 0 Å². The van der Waals surface area contributed by atoms with E-state index >= 15 is 0 Å². The molecule has 21 heavy (non-hydrogen) atoms. The van der Waals surface area contributed by atoms with Crippen molar-refractivity contribution in [3.63, 3.8) is 0 Å². The van der Waals surface area contributed by atoms with E-state index in [9.17, 15) is 4.79 Å². The predicted molar refractivity (Wildman–Crippen MR) is 80.3 cm³/mol. The van der Waals surface area contributed by atoms with Crippen LogP contribution in [-0.4, -0.2) is 29.1 Å². The molecule has 112 valence electrons. The Morgan fingerprint density at radius 1 is 1.71 bits per heavy atom. The zero-order valence-electron chi connectivity index (χ0n) is 11.9. The SMILES string of the molecule is CC(CC(=O)O)C1CCCN(c2nccc(C#N)c2Cl)C1. The van der Waals surface area contributed by atoms with Crippen molar-refractivity contribution in [2.24, 2.45) is 11.8 Å². The Bertz CT molecular complexity index is 571. The molecule has 2 unspecified atom stereocenters. The number of carbonyl (C=O) groups is 1. The molecular weight excluding hydrogens is 290 g/mol. The number of pyridine rings is 1. The number of rotatable bonds is 4. The highest BCUT2D eigenvalue weighted by Gasteiger charge is 2.28. The van der Waals surface area contributed by atoms with E-state index < -0.39 is 5.97 Å². The molecule has 5 nitrogen and oxygen atoms in total. The van der Waals surface area contributed by atoms with Crippen molar-refractivity contribution in [3.8, 4) is 6.07 Å². The Balaban J connectivity index is 2.15. The van der Waals surface area contributed by atoms with Crippen LogP contribution in [0.1, 0.15) is 31.7 Å². The summed E-state index contributed by atoms with van der Waals surface area (Å²) in [5.74, 6) is 0.284. The number of nitrogens with zero attached hydrogens (tertiary/aromatic N) is 3. The molecule has 0 spiro atoms. The van der Waals surface area contributed by atoms with Gasteiger partial charge in [-0.3, -0.25) is 4.79 Å². The number of halogens is 1. The van der Waals surface area contributed by atoms with E-state index in [0.29, 0.717) is 22.3 Å². The number of hydrogen-bond acceptors (Lipinski definition) is 4. The fourth-order valence-corrected chi connectivity index (χ4v) is 3.12. The number of hydrogen-bond donors (Lipinski definition) is 1. The second-order valence-corrected chi connectivity index (χ2v) is 5.91. The maximum Gasteiger partial charge on any atom is 0.303 e. The molecule has 0 bridgehead atoms. The average Bonchev–Trinajstić information content (AvgIpc) is 2.47. The molecule has 1 N–H and O–H groups in total. The van der Waals surface area contributed by atoms with Gasteiger partial charge in [0.25, 0.3) is 0 Å². The molecule has 2 atom stereocenters. The molecule has 2 rings (SSSR count). The van der Waals surface area contributed by atoms with Gasteiger partial charge < -0.3 is 10.0 Å². The molecule has 0 amide bonds. The number of aromatic nitrogens is 1. The average molecular weight is 308 g/mol. The summed E-state index contributed by atoms with van der Waals surface area (Å²) in [7, 11) is 0. The summed E-state index contributed by atoms with van der Waals surface area (Å²) >= 11 is 6.23. The Morgan fingerprint density at radius 2 is 2.48 bits per heavy atom. The van der Waals surface area contributed by atoms with Crippen LogP contribution >= 0.6 is 11.6 Å². The van der Waals surface area contributed by atoms with Crippen molar-refractivity contribution >= 4 is 23.4 Å². The van der Waals surface area contributed by atoms with Gasteiger partial charge in [0, 0.05) is 25.7 Å². The zero-order valence-corrected chi connectivity index (χ0v) is 12.7. The first-order valence-electron chi connectivity index (χ1n) is 7.04. The van der Waals surface area contributed by atoms with Crippen LogP contribution in [0.4, 0.5) is 5.82 Å². The Morgan fingerprint density at radius 3 is 3.14 bits per heavy atom. The summed E-state index contributed by atoms with van der Waals surface area (Å²) in [5.41, 5.74) is 0.419. The van der Waals surface area contributed by atoms with Crippen LogP contribution in [0.5, 0.6) is 0 Å². The number of aliphatic carboxylic acids is 1. The number of anilines is 1. The van der Waals surface area contributed by atoms with Crippen LogP contribution in [0.15, 0.2) is 12.3 Å². The van der Waals surface area contributed by atoms with Crippen LogP contribution in [-0.2, 0) is 4.79 Å². The highest BCUT2D eigenvalue weighted by atomic mass is 35.5. The van der Waals surface area contributed by atoms with E-state index in [1.807, 2.05) is 6.92 Å². The molecule has 1 aromatic rings. The van der Waals surface area contributed by atoms with Gasteiger partial charge in [0.05, 0.1) is 5.56 Å². The zero-order chi connectivity index (χ0) is 15.4. The molecule has 1 aliphatic rings. The first kappa shape index (κ1) is 15.6. The van der Waals surface area contributed by atoms with Gasteiger partial charge in [-0.15, -0.1) is 0 Å². The molecule has 1 saturated heterocycles. The monoisotopic (exact) mass is 307 g/mol. The lowest BCUT2D eigenvalue weighted by Crippen LogP contribution is -2.39. The largest absolute Gasteiger partial charge is 0.481 e. The summed E-state index contributed by atoms with van der Waals surface area (Å²) < 4.78 is 0. The van der Waals surface area contributed by atoms with E-state index in [1.54, 1.807) is 12.3 Å². The molecule has 0 aromatic carbocycles. The van der Waals surface area contributed by atoms with Crippen molar-refractivity contribution in [1.82, 2.24) is 4.98 Å². The third-order valence-electron chi connectivity index (χ3n) is 4.05. The number of carboxylic acids is 1. The number of nitriles is 1. The smallest absolute Gasteiger partial charge is 0.303 e. The van der Waals surface area contributed by atoms with Gasteiger partial charge in [0.1, 0.15) is 16.9 Å². The molecular formula is C15H18ClN3O2. The second kappa shape index (κ2) is 6.77. The van der Waals surface area contributed by atoms with E-state index in [1.165, 1.54) is 0 Å². The van der Waals surface area contributed by atoms with Crippen LogP contribution < -0.4 is 4.90 Å². The maximum atomic E-state index is 10.9. The number of piperidine rings is 1. The van der Waals surface area contributed by atoms with Crippen molar-refractivity contribution < 1.29 is 9.90 Å².